The number of unbranched alkanes of at least 4 members (excludes halogenated alkanes) is 53. The summed E-state index contributed by atoms with van der Waals surface area (Å²) in [7, 11) is -9.93. The van der Waals surface area contributed by atoms with Crippen LogP contribution < -0.4 is 0 Å². The van der Waals surface area contributed by atoms with Gasteiger partial charge in [0.05, 0.1) is 26.4 Å². The fraction of sp³-hybridized carbons (Fsp3) is 0.953. The lowest BCUT2D eigenvalue weighted by Crippen LogP contribution is -2.30. The van der Waals surface area contributed by atoms with Gasteiger partial charge in [0.25, 0.3) is 0 Å². The fourth-order valence-electron chi connectivity index (χ4n) is 13.2. The van der Waals surface area contributed by atoms with Crippen LogP contribution in [0.2, 0.25) is 0 Å². The van der Waals surface area contributed by atoms with Crippen molar-refractivity contribution >= 4 is 39.5 Å². The third kappa shape index (κ3) is 76.8. The van der Waals surface area contributed by atoms with Crippen molar-refractivity contribution in [3.63, 3.8) is 0 Å². The molecular formula is C85H166O17P2. The van der Waals surface area contributed by atoms with Crippen LogP contribution in [0, 0.1) is 11.8 Å². The summed E-state index contributed by atoms with van der Waals surface area (Å²) in [4.78, 5) is 73.2. The Hall–Kier alpha value is -1.94. The number of rotatable bonds is 84. The average molecular weight is 1520 g/mol. The zero-order valence-corrected chi connectivity index (χ0v) is 70.1. The van der Waals surface area contributed by atoms with Crippen LogP contribution in [0.15, 0.2) is 0 Å². The molecule has 0 aromatic carbocycles. The topological polar surface area (TPSA) is 237 Å². The van der Waals surface area contributed by atoms with Crippen LogP contribution in [0.3, 0.4) is 0 Å². The van der Waals surface area contributed by atoms with Crippen LogP contribution in [-0.4, -0.2) is 96.7 Å². The van der Waals surface area contributed by atoms with Crippen molar-refractivity contribution < 1.29 is 80.2 Å². The van der Waals surface area contributed by atoms with E-state index in [4.69, 9.17) is 37.0 Å². The number of ether oxygens (including phenoxy) is 4. The minimum absolute atomic E-state index is 0.107. The molecule has 0 bridgehead atoms. The number of phosphoric acid groups is 2. The van der Waals surface area contributed by atoms with Crippen LogP contribution in [0.5, 0.6) is 0 Å². The molecule has 0 heterocycles. The summed E-state index contributed by atoms with van der Waals surface area (Å²) >= 11 is 0. The number of esters is 4. The van der Waals surface area contributed by atoms with Crippen LogP contribution in [0.4, 0.5) is 0 Å². The molecule has 0 aromatic heterocycles. The van der Waals surface area contributed by atoms with Gasteiger partial charge in [0.1, 0.15) is 19.3 Å². The molecule has 3 unspecified atom stereocenters. The normalized spacial score (nSPS) is 14.1. The number of carbonyl (C=O) groups excluding carboxylic acids is 4. The van der Waals surface area contributed by atoms with E-state index in [1.165, 1.54) is 270 Å². The summed E-state index contributed by atoms with van der Waals surface area (Å²) in [5.74, 6) is -0.527. The van der Waals surface area contributed by atoms with E-state index in [1.54, 1.807) is 0 Å². The Balaban J connectivity index is 5.23. The van der Waals surface area contributed by atoms with Crippen LogP contribution in [-0.2, 0) is 65.4 Å². The Morgan fingerprint density at radius 2 is 0.490 bits per heavy atom. The van der Waals surface area contributed by atoms with Gasteiger partial charge in [0.15, 0.2) is 12.2 Å². The molecule has 3 N–H and O–H groups in total. The van der Waals surface area contributed by atoms with Crippen LogP contribution in [0.1, 0.15) is 452 Å². The Morgan fingerprint density at radius 3 is 0.731 bits per heavy atom. The molecule has 0 radical (unpaired) electrons. The maximum Gasteiger partial charge on any atom is 0.472 e. The van der Waals surface area contributed by atoms with E-state index >= 15 is 0 Å². The predicted octanol–water partition coefficient (Wildman–Crippen LogP) is 25.8. The molecule has 0 amide bonds. The van der Waals surface area contributed by atoms with E-state index < -0.39 is 97.5 Å². The summed E-state index contributed by atoms with van der Waals surface area (Å²) in [6, 6.07) is 0. The Kier molecular flexibility index (Phi) is 75.0. The maximum absolute atomic E-state index is 13.1. The van der Waals surface area contributed by atoms with E-state index in [2.05, 4.69) is 41.5 Å². The van der Waals surface area contributed by atoms with Gasteiger partial charge >= 0.3 is 39.5 Å². The highest BCUT2D eigenvalue weighted by atomic mass is 31.2. The number of aliphatic hydroxyl groups excluding tert-OH is 1. The number of aliphatic hydroxyl groups is 1. The van der Waals surface area contributed by atoms with Gasteiger partial charge in [-0.15, -0.1) is 0 Å². The number of hydrogen-bond donors (Lipinski definition) is 3. The third-order valence-corrected chi connectivity index (χ3v) is 22.2. The zero-order valence-electron chi connectivity index (χ0n) is 68.3. The first-order valence-electron chi connectivity index (χ1n) is 44.0. The van der Waals surface area contributed by atoms with Gasteiger partial charge in [-0.1, -0.05) is 401 Å². The van der Waals surface area contributed by atoms with Crippen molar-refractivity contribution in [3.8, 4) is 0 Å². The quantitative estimate of drug-likeness (QED) is 0.0222. The molecule has 0 fully saturated rings. The summed E-state index contributed by atoms with van der Waals surface area (Å²) < 4.78 is 68.9. The maximum atomic E-state index is 13.1. The molecule has 104 heavy (non-hydrogen) atoms. The molecule has 0 rings (SSSR count). The van der Waals surface area contributed by atoms with Gasteiger partial charge in [-0.25, -0.2) is 9.13 Å². The SMILES string of the molecule is CCCCCCCCCCCCCCCCCCCCCCCCC(=O)O[C@H](COC(=O)CCCCCCCCCCCCCCCCC(C)C)COP(=O)(O)OC[C@@H](O)COP(=O)(O)OC[C@@H](COC(=O)CCCCCCCCCCC(C)CC)OC(=O)CCCCCCCCCCCCCCC. The number of phosphoric ester groups is 2. The fourth-order valence-corrected chi connectivity index (χ4v) is 14.8. The molecule has 0 saturated heterocycles. The molecule has 618 valence electrons. The van der Waals surface area contributed by atoms with Gasteiger partial charge in [-0.2, -0.15) is 0 Å². The Labute approximate surface area is 638 Å². The molecule has 0 aliphatic heterocycles. The van der Waals surface area contributed by atoms with Crippen molar-refractivity contribution in [2.24, 2.45) is 11.8 Å². The van der Waals surface area contributed by atoms with Crippen LogP contribution >= 0.6 is 15.6 Å². The molecule has 19 heteroatoms. The van der Waals surface area contributed by atoms with Crippen molar-refractivity contribution in [3.05, 3.63) is 0 Å². The minimum atomic E-state index is -4.97. The average Bonchev–Trinajstić information content (AvgIpc) is 0.913. The molecule has 0 aliphatic rings. The highest BCUT2D eigenvalue weighted by molar-refractivity contribution is 7.47. The summed E-state index contributed by atoms with van der Waals surface area (Å²) in [5, 5.41) is 10.7. The largest absolute Gasteiger partial charge is 0.472 e. The molecule has 17 nitrogen and oxygen atoms in total. The first-order valence-corrected chi connectivity index (χ1v) is 47.0. The monoisotopic (exact) mass is 1520 g/mol. The lowest BCUT2D eigenvalue weighted by Gasteiger charge is -2.21. The molecule has 0 aromatic rings. The van der Waals surface area contributed by atoms with E-state index in [-0.39, 0.29) is 25.7 Å². The van der Waals surface area contributed by atoms with Crippen LogP contribution in [0.25, 0.3) is 0 Å². The van der Waals surface area contributed by atoms with Gasteiger partial charge in [-0.3, -0.25) is 37.3 Å². The third-order valence-electron chi connectivity index (χ3n) is 20.3. The van der Waals surface area contributed by atoms with Crippen molar-refractivity contribution in [2.45, 2.75) is 471 Å². The van der Waals surface area contributed by atoms with Gasteiger partial charge in [-0.05, 0) is 37.5 Å². The highest BCUT2D eigenvalue weighted by Gasteiger charge is 2.30. The Bertz CT molecular complexity index is 2000. The number of carbonyl (C=O) groups is 4. The van der Waals surface area contributed by atoms with Gasteiger partial charge < -0.3 is 33.8 Å². The smallest absolute Gasteiger partial charge is 0.462 e. The first-order chi connectivity index (χ1) is 50.4. The van der Waals surface area contributed by atoms with E-state index in [1.807, 2.05) is 0 Å². The molecular weight excluding hydrogens is 1350 g/mol. The lowest BCUT2D eigenvalue weighted by molar-refractivity contribution is -0.161. The van der Waals surface area contributed by atoms with Gasteiger partial charge in [0.2, 0.25) is 0 Å². The second-order valence-corrected chi connectivity index (χ2v) is 34.2. The highest BCUT2D eigenvalue weighted by Crippen LogP contribution is 2.45. The predicted molar refractivity (Wildman–Crippen MR) is 428 cm³/mol. The summed E-state index contributed by atoms with van der Waals surface area (Å²) in [6.45, 7) is 9.69. The van der Waals surface area contributed by atoms with Gasteiger partial charge in [0, 0.05) is 25.7 Å². The number of hydrogen-bond acceptors (Lipinski definition) is 15. The molecule has 0 aliphatic carbocycles. The van der Waals surface area contributed by atoms with Crippen molar-refractivity contribution in [2.75, 3.05) is 39.6 Å². The minimum Gasteiger partial charge on any atom is -0.462 e. The summed E-state index contributed by atoms with van der Waals surface area (Å²) in [5.41, 5.74) is 0. The van der Waals surface area contributed by atoms with E-state index in [0.29, 0.717) is 25.7 Å². The van der Waals surface area contributed by atoms with Crippen molar-refractivity contribution in [1.82, 2.24) is 0 Å². The molecule has 6 atom stereocenters. The lowest BCUT2D eigenvalue weighted by atomic mass is 9.99. The standard InChI is InChI=1S/C85H166O17P2/c1-7-10-12-14-16-18-20-22-23-24-25-26-27-28-29-30-36-40-44-52-58-64-70-85(90)101-80(73-95-82(87)67-61-55-49-42-38-35-32-31-34-37-41-47-53-59-65-77(4)5)75-99-103(91,92)97-71-79(86)72-98-104(93,94)100-76-81(74-96-83(88)68-62-56-50-46-45-48-54-60-66-78(6)9-3)102-84(89)69-63-57-51-43-39-33-21-19-17-15-13-11-8-2/h77-81,86H,7-76H2,1-6H3,(H,91,92)(H,93,94)/t78?,79-,80-,81-/m1/s1. The Morgan fingerprint density at radius 1 is 0.279 bits per heavy atom. The second-order valence-electron chi connectivity index (χ2n) is 31.3. The van der Waals surface area contributed by atoms with Crippen molar-refractivity contribution in [1.29, 1.82) is 0 Å². The summed E-state index contributed by atoms with van der Waals surface area (Å²) in [6.07, 6.45) is 68.0. The molecule has 0 saturated carbocycles. The zero-order chi connectivity index (χ0) is 76.4. The van der Waals surface area contributed by atoms with E-state index in [9.17, 15) is 43.2 Å². The molecule has 0 spiro atoms. The first kappa shape index (κ1) is 102. The second kappa shape index (κ2) is 76.4. The van der Waals surface area contributed by atoms with E-state index in [0.717, 1.165) is 102 Å².